The summed E-state index contributed by atoms with van der Waals surface area (Å²) in [6, 6.07) is 7.75. The van der Waals surface area contributed by atoms with Crippen LogP contribution in [0.2, 0.25) is 0 Å². The highest BCUT2D eigenvalue weighted by atomic mass is 16.5. The van der Waals surface area contributed by atoms with Crippen LogP contribution in [-0.4, -0.2) is 69.4 Å². The molecule has 6 rings (SSSR count). The van der Waals surface area contributed by atoms with Gasteiger partial charge in [-0.2, -0.15) is 0 Å². The lowest BCUT2D eigenvalue weighted by Crippen LogP contribution is -2.66. The second-order valence-electron chi connectivity index (χ2n) is 19.3. The summed E-state index contributed by atoms with van der Waals surface area (Å²) in [5.74, 6) is 0.279. The van der Waals surface area contributed by atoms with Gasteiger partial charge in [-0.25, -0.2) is 0 Å². The zero-order valence-electron chi connectivity index (χ0n) is 33.6. The van der Waals surface area contributed by atoms with Gasteiger partial charge in [0, 0.05) is 31.7 Å². The SMILES string of the molecule is C=C(C)C1CCC2(C(=O)NCCN(CCC(=O)O)CCC(=O)O)CCC3(C)C(CCC4C5(C)CC=C(c6ccc(C(O)O)cc6)C(C)(C)C5CCC43C)C12. The molecule has 9 heteroatoms. The predicted octanol–water partition coefficient (Wildman–Crippen LogP) is 7.69. The van der Waals surface area contributed by atoms with E-state index in [1.165, 1.54) is 17.6 Å². The molecule has 0 spiro atoms. The summed E-state index contributed by atoms with van der Waals surface area (Å²) in [5.41, 5.74) is 4.06. The lowest BCUT2D eigenvalue weighted by atomic mass is 9.32. The van der Waals surface area contributed by atoms with Crippen molar-refractivity contribution in [2.24, 2.45) is 56.7 Å². The number of aliphatic hydroxyl groups is 2. The monoisotopic (exact) mass is 746 g/mol. The molecule has 9 nitrogen and oxygen atoms in total. The van der Waals surface area contributed by atoms with Crippen molar-refractivity contribution in [3.05, 3.63) is 53.6 Å². The molecule has 0 aliphatic heterocycles. The number of carboxylic acids is 2. The van der Waals surface area contributed by atoms with Crippen LogP contribution in [0.3, 0.4) is 0 Å². The maximum absolute atomic E-state index is 14.6. The van der Waals surface area contributed by atoms with Gasteiger partial charge in [-0.05, 0) is 127 Å². The summed E-state index contributed by atoms with van der Waals surface area (Å²) in [5, 5.41) is 41.1. The van der Waals surface area contributed by atoms with Crippen molar-refractivity contribution in [1.29, 1.82) is 0 Å². The number of carbonyl (C=O) groups is 3. The smallest absolute Gasteiger partial charge is 0.304 e. The third-order valence-electron chi connectivity index (χ3n) is 16.6. The minimum absolute atomic E-state index is 0.0431. The van der Waals surface area contributed by atoms with Gasteiger partial charge in [0.2, 0.25) is 5.91 Å². The van der Waals surface area contributed by atoms with Gasteiger partial charge in [0.15, 0.2) is 6.29 Å². The number of nitrogens with zero attached hydrogens (tertiary/aromatic N) is 1. The van der Waals surface area contributed by atoms with E-state index < -0.39 is 23.6 Å². The molecule has 9 atom stereocenters. The van der Waals surface area contributed by atoms with E-state index >= 15 is 0 Å². The Morgan fingerprint density at radius 2 is 1.48 bits per heavy atom. The van der Waals surface area contributed by atoms with Gasteiger partial charge in [-0.1, -0.05) is 77.1 Å². The van der Waals surface area contributed by atoms with E-state index in [1.54, 1.807) is 0 Å². The first kappa shape index (κ1) is 40.6. The number of allylic oxidation sites excluding steroid dienone is 3. The van der Waals surface area contributed by atoms with Gasteiger partial charge >= 0.3 is 11.9 Å². The normalized spacial score (nSPS) is 36.7. The van der Waals surface area contributed by atoms with Crippen LogP contribution in [0.25, 0.3) is 5.57 Å². The fourth-order valence-corrected chi connectivity index (χ4v) is 13.8. The minimum Gasteiger partial charge on any atom is -0.481 e. The van der Waals surface area contributed by atoms with Crippen LogP contribution in [-0.2, 0) is 14.4 Å². The van der Waals surface area contributed by atoms with Gasteiger partial charge in [0.05, 0.1) is 18.3 Å². The van der Waals surface area contributed by atoms with Crippen molar-refractivity contribution in [1.82, 2.24) is 10.2 Å². The summed E-state index contributed by atoms with van der Waals surface area (Å²) in [7, 11) is 0. The first-order chi connectivity index (χ1) is 25.3. The van der Waals surface area contributed by atoms with E-state index in [9.17, 15) is 34.8 Å². The molecule has 0 heterocycles. The van der Waals surface area contributed by atoms with Gasteiger partial charge in [0.1, 0.15) is 0 Å². The number of aliphatic hydroxyl groups excluding tert-OH is 1. The second-order valence-corrected chi connectivity index (χ2v) is 19.3. The van der Waals surface area contributed by atoms with Crippen molar-refractivity contribution in [3.63, 3.8) is 0 Å². The van der Waals surface area contributed by atoms with Crippen LogP contribution < -0.4 is 5.32 Å². The van der Waals surface area contributed by atoms with Crippen molar-refractivity contribution < 1.29 is 34.8 Å². The lowest BCUT2D eigenvalue weighted by Gasteiger charge is -2.72. The summed E-state index contributed by atoms with van der Waals surface area (Å²) < 4.78 is 0. The van der Waals surface area contributed by atoms with E-state index in [2.05, 4.69) is 59.5 Å². The highest BCUT2D eigenvalue weighted by Crippen LogP contribution is 2.77. The Labute approximate surface area is 322 Å². The Balaban J connectivity index is 1.24. The molecule has 1 aromatic rings. The van der Waals surface area contributed by atoms with E-state index in [1.807, 2.05) is 29.2 Å². The average Bonchev–Trinajstić information content (AvgIpc) is 3.50. The maximum Gasteiger partial charge on any atom is 0.304 e. The third-order valence-corrected chi connectivity index (χ3v) is 16.6. The molecule has 1 aromatic carbocycles. The predicted molar refractivity (Wildman–Crippen MR) is 210 cm³/mol. The number of carboxylic acid groups (broad SMARTS) is 2. The number of aliphatic carboxylic acids is 2. The summed E-state index contributed by atoms with van der Waals surface area (Å²) in [6.07, 6.45) is 10.2. The molecule has 5 N–H and O–H groups in total. The van der Waals surface area contributed by atoms with Gasteiger partial charge in [-0.15, -0.1) is 0 Å². The Hall–Kier alpha value is -3.01. The number of nitrogens with one attached hydrogen (secondary N) is 1. The molecule has 0 bridgehead atoms. The molecule has 4 saturated carbocycles. The van der Waals surface area contributed by atoms with Gasteiger partial charge in [-0.3, -0.25) is 14.4 Å². The number of hydrogen-bond acceptors (Lipinski definition) is 6. The van der Waals surface area contributed by atoms with Crippen LogP contribution >= 0.6 is 0 Å². The molecule has 5 aliphatic carbocycles. The van der Waals surface area contributed by atoms with E-state index in [-0.39, 0.29) is 59.4 Å². The molecular formula is C45H66N2O7. The molecule has 298 valence electrons. The number of carbonyl (C=O) groups excluding carboxylic acids is 1. The number of benzene rings is 1. The standard InChI is InChI=1S/C45H66N2O7/c1-28(2)31-14-21-45(40(54)46-24-27-47(25-17-36(48)49)26-18-37(50)51)23-22-43(6)33(38(31)45)12-13-35-42(5)19-15-32(29-8-10-30(11-9-29)39(52)53)41(3,4)34(42)16-20-44(35,43)7/h8-11,15,31,33-35,38-39,52-53H,1,12-14,16-27H2,2-7H3,(H,46,54)(H,48,49)(H,50,51). The number of amides is 1. The summed E-state index contributed by atoms with van der Waals surface area (Å²) in [4.78, 5) is 38.9. The quantitative estimate of drug-likeness (QED) is 0.102. The van der Waals surface area contributed by atoms with Crippen LogP contribution in [0.5, 0.6) is 0 Å². The van der Waals surface area contributed by atoms with Gasteiger partial charge < -0.3 is 30.6 Å². The molecular weight excluding hydrogens is 681 g/mol. The summed E-state index contributed by atoms with van der Waals surface area (Å²) in [6.45, 7) is 20.5. The first-order valence-electron chi connectivity index (χ1n) is 20.6. The maximum atomic E-state index is 14.6. The number of rotatable bonds is 13. The molecule has 9 unspecified atom stereocenters. The number of fused-ring (bicyclic) bond motifs is 7. The van der Waals surface area contributed by atoms with Crippen molar-refractivity contribution in [3.8, 4) is 0 Å². The van der Waals surface area contributed by atoms with Crippen LogP contribution in [0, 0.1) is 56.7 Å². The third kappa shape index (κ3) is 6.68. The Kier molecular flexibility index (Phi) is 11.2. The molecule has 0 aromatic heterocycles. The molecule has 0 radical (unpaired) electrons. The first-order valence-corrected chi connectivity index (χ1v) is 20.6. The van der Waals surface area contributed by atoms with E-state index in [4.69, 9.17) is 0 Å². The molecule has 0 saturated heterocycles. The summed E-state index contributed by atoms with van der Waals surface area (Å²) >= 11 is 0. The molecule has 5 aliphatic rings. The van der Waals surface area contributed by atoms with E-state index in [0.717, 1.165) is 56.9 Å². The zero-order valence-corrected chi connectivity index (χ0v) is 33.6. The van der Waals surface area contributed by atoms with Crippen molar-refractivity contribution in [2.45, 2.75) is 118 Å². The highest BCUT2D eigenvalue weighted by Gasteiger charge is 2.71. The average molecular weight is 747 g/mol. The van der Waals surface area contributed by atoms with Gasteiger partial charge in [0.25, 0.3) is 0 Å². The molecule has 4 fully saturated rings. The Morgan fingerprint density at radius 1 is 0.833 bits per heavy atom. The number of hydrogen-bond donors (Lipinski definition) is 5. The van der Waals surface area contributed by atoms with Crippen LogP contribution in [0.15, 0.2) is 42.5 Å². The lowest BCUT2D eigenvalue weighted by molar-refractivity contribution is -0.225. The molecule has 1 amide bonds. The topological polar surface area (TPSA) is 147 Å². The van der Waals surface area contributed by atoms with Crippen molar-refractivity contribution in [2.75, 3.05) is 26.2 Å². The Bertz CT molecular complexity index is 1630. The van der Waals surface area contributed by atoms with Crippen LogP contribution in [0.1, 0.15) is 130 Å². The minimum atomic E-state index is -1.47. The fraction of sp³-hybridized carbons (Fsp3) is 0.711. The van der Waals surface area contributed by atoms with Crippen LogP contribution in [0.4, 0.5) is 0 Å². The zero-order chi connectivity index (χ0) is 39.4. The van der Waals surface area contributed by atoms with E-state index in [0.29, 0.717) is 42.3 Å². The highest BCUT2D eigenvalue weighted by molar-refractivity contribution is 5.84. The second kappa shape index (κ2) is 14.8. The molecule has 54 heavy (non-hydrogen) atoms. The van der Waals surface area contributed by atoms with Crippen molar-refractivity contribution >= 4 is 23.4 Å². The Morgan fingerprint density at radius 3 is 2.07 bits per heavy atom. The largest absolute Gasteiger partial charge is 0.481 e. The fourth-order valence-electron chi connectivity index (χ4n) is 13.8.